The number of halogens is 2. The molecule has 0 unspecified atom stereocenters. The molecule has 3 aromatic carbocycles. The minimum absolute atomic E-state index is 0.631. The van der Waals surface area contributed by atoms with Gasteiger partial charge in [0.1, 0.15) is 5.75 Å². The van der Waals surface area contributed by atoms with E-state index < -0.39 is 0 Å². The fourth-order valence-corrected chi connectivity index (χ4v) is 4.76. The zero-order chi connectivity index (χ0) is 23.9. The molecule has 0 saturated carbocycles. The fourth-order valence-electron chi connectivity index (χ4n) is 4.43. The van der Waals surface area contributed by atoms with Gasteiger partial charge in [-0.15, -0.1) is 0 Å². The summed E-state index contributed by atoms with van der Waals surface area (Å²) in [7, 11) is 1.67. The molecule has 0 N–H and O–H groups in total. The van der Waals surface area contributed by atoms with Crippen molar-refractivity contribution in [3.8, 4) is 5.75 Å². The number of fused-ring (bicyclic) bond motifs is 3. The summed E-state index contributed by atoms with van der Waals surface area (Å²) in [5, 5.41) is 4.12. The Morgan fingerprint density at radius 3 is 1.89 bits per heavy atom. The average Bonchev–Trinajstić information content (AvgIpc) is 2.88. The van der Waals surface area contributed by atoms with E-state index in [0.29, 0.717) is 10.0 Å². The van der Waals surface area contributed by atoms with E-state index in [0.717, 1.165) is 55.5 Å². The highest BCUT2D eigenvalue weighted by Crippen LogP contribution is 2.45. The predicted molar refractivity (Wildman–Crippen MR) is 144 cm³/mol. The Hall–Kier alpha value is -3.93. The number of anilines is 3. The maximum absolute atomic E-state index is 6.29. The van der Waals surface area contributed by atoms with Gasteiger partial charge in [-0.1, -0.05) is 29.3 Å². The fraction of sp³-hybridized carbons (Fsp3) is 0.0357. The summed E-state index contributed by atoms with van der Waals surface area (Å²) >= 11 is 12.6. The number of hydrogen-bond donors (Lipinski definition) is 0. The molecule has 3 heterocycles. The molecule has 0 saturated heterocycles. The van der Waals surface area contributed by atoms with Gasteiger partial charge in [0.15, 0.2) is 0 Å². The van der Waals surface area contributed by atoms with E-state index in [4.69, 9.17) is 32.9 Å². The Bertz CT molecular complexity index is 1650. The number of benzene rings is 3. The van der Waals surface area contributed by atoms with Crippen molar-refractivity contribution in [3.05, 3.63) is 101 Å². The van der Waals surface area contributed by atoms with Crippen LogP contribution in [0, 0.1) is 0 Å². The molecule has 0 spiro atoms. The Kier molecular flexibility index (Phi) is 5.36. The molecule has 0 aliphatic heterocycles. The van der Waals surface area contributed by atoms with Crippen molar-refractivity contribution < 1.29 is 4.74 Å². The van der Waals surface area contributed by atoms with Gasteiger partial charge in [0.05, 0.1) is 40.7 Å². The van der Waals surface area contributed by atoms with E-state index in [1.54, 1.807) is 25.7 Å². The van der Waals surface area contributed by atoms with Crippen LogP contribution in [0.1, 0.15) is 0 Å². The maximum atomic E-state index is 6.29. The van der Waals surface area contributed by atoms with Crippen LogP contribution in [0.5, 0.6) is 5.75 Å². The van der Waals surface area contributed by atoms with E-state index in [9.17, 15) is 0 Å². The standard InChI is InChI=1S/C28H18Cl2N4O/c1-35-20-13-17-3-2-10-33-28(17)27(16-20)34(25-8-11-31-23-14-18(29)4-6-21(23)25)26-9-12-32-24-15-19(30)5-7-22(24)26/h2-16H,1H3. The molecule has 6 rings (SSSR count). The topological polar surface area (TPSA) is 51.1 Å². The summed E-state index contributed by atoms with van der Waals surface area (Å²) in [6.45, 7) is 0. The van der Waals surface area contributed by atoms with Crippen molar-refractivity contribution in [1.29, 1.82) is 0 Å². The van der Waals surface area contributed by atoms with Crippen LogP contribution in [0.25, 0.3) is 32.7 Å². The zero-order valence-electron chi connectivity index (χ0n) is 18.6. The Morgan fingerprint density at radius 1 is 0.657 bits per heavy atom. The molecule has 3 aromatic heterocycles. The van der Waals surface area contributed by atoms with Crippen LogP contribution < -0.4 is 9.64 Å². The number of aromatic nitrogens is 3. The van der Waals surface area contributed by atoms with Gasteiger partial charge in [0.25, 0.3) is 0 Å². The lowest BCUT2D eigenvalue weighted by molar-refractivity contribution is 0.415. The van der Waals surface area contributed by atoms with Gasteiger partial charge in [0, 0.05) is 50.9 Å². The third-order valence-electron chi connectivity index (χ3n) is 5.98. The third kappa shape index (κ3) is 3.79. The second kappa shape index (κ2) is 8.69. The molecule has 0 atom stereocenters. The van der Waals surface area contributed by atoms with E-state index in [1.165, 1.54) is 0 Å². The molecular weight excluding hydrogens is 479 g/mol. The smallest absolute Gasteiger partial charge is 0.121 e. The van der Waals surface area contributed by atoms with E-state index in [1.807, 2.05) is 72.8 Å². The van der Waals surface area contributed by atoms with Gasteiger partial charge in [-0.05, 0) is 60.7 Å². The van der Waals surface area contributed by atoms with Crippen molar-refractivity contribution in [3.63, 3.8) is 0 Å². The molecule has 0 fully saturated rings. The van der Waals surface area contributed by atoms with Crippen LogP contribution in [0.15, 0.2) is 91.4 Å². The summed E-state index contributed by atoms with van der Waals surface area (Å²) in [6.07, 6.45) is 5.37. The van der Waals surface area contributed by atoms with E-state index in [2.05, 4.69) is 14.9 Å². The first-order valence-electron chi connectivity index (χ1n) is 10.9. The van der Waals surface area contributed by atoms with Crippen molar-refractivity contribution >= 4 is 73.0 Å². The van der Waals surface area contributed by atoms with Crippen molar-refractivity contribution in [2.75, 3.05) is 12.0 Å². The van der Waals surface area contributed by atoms with Crippen molar-refractivity contribution in [2.45, 2.75) is 0 Å². The Balaban J connectivity index is 1.75. The van der Waals surface area contributed by atoms with Crippen LogP contribution >= 0.6 is 23.2 Å². The van der Waals surface area contributed by atoms with Crippen LogP contribution in [-0.2, 0) is 0 Å². The molecule has 7 heteroatoms. The van der Waals surface area contributed by atoms with Crippen LogP contribution in [-0.4, -0.2) is 22.1 Å². The lowest BCUT2D eigenvalue weighted by Crippen LogP contribution is -2.12. The van der Waals surface area contributed by atoms with Crippen molar-refractivity contribution in [1.82, 2.24) is 15.0 Å². The minimum Gasteiger partial charge on any atom is -0.497 e. The molecule has 0 radical (unpaired) electrons. The zero-order valence-corrected chi connectivity index (χ0v) is 20.1. The molecular formula is C28H18Cl2N4O. The highest BCUT2D eigenvalue weighted by atomic mass is 35.5. The number of methoxy groups -OCH3 is 1. The number of ether oxygens (including phenoxy) is 1. The first-order valence-corrected chi connectivity index (χ1v) is 11.7. The van der Waals surface area contributed by atoms with E-state index >= 15 is 0 Å². The first kappa shape index (κ1) is 21.6. The summed E-state index contributed by atoms with van der Waals surface area (Å²) < 4.78 is 5.68. The summed E-state index contributed by atoms with van der Waals surface area (Å²) in [6, 6.07) is 23.4. The second-order valence-corrected chi connectivity index (χ2v) is 8.91. The minimum atomic E-state index is 0.631. The summed E-state index contributed by atoms with van der Waals surface area (Å²) in [5.74, 6) is 0.730. The number of pyridine rings is 3. The van der Waals surface area contributed by atoms with Gasteiger partial charge >= 0.3 is 0 Å². The molecule has 0 bridgehead atoms. The Labute approximate surface area is 211 Å². The largest absolute Gasteiger partial charge is 0.497 e. The first-order chi connectivity index (χ1) is 17.1. The van der Waals surface area contributed by atoms with Crippen LogP contribution in [0.3, 0.4) is 0 Å². The molecule has 5 nitrogen and oxygen atoms in total. The van der Waals surface area contributed by atoms with Gasteiger partial charge in [-0.2, -0.15) is 0 Å². The van der Waals surface area contributed by atoms with Crippen LogP contribution in [0.2, 0.25) is 10.0 Å². The van der Waals surface area contributed by atoms with Gasteiger partial charge in [-0.3, -0.25) is 15.0 Å². The third-order valence-corrected chi connectivity index (χ3v) is 6.45. The average molecular weight is 497 g/mol. The second-order valence-electron chi connectivity index (χ2n) is 8.04. The normalized spacial score (nSPS) is 11.3. The quantitative estimate of drug-likeness (QED) is 0.246. The highest BCUT2D eigenvalue weighted by molar-refractivity contribution is 6.31. The SMILES string of the molecule is COc1cc(N(c2ccnc3cc(Cl)ccc23)c2ccnc3cc(Cl)ccc23)c2ncccc2c1. The van der Waals surface area contributed by atoms with Gasteiger partial charge in [-0.25, -0.2) is 0 Å². The molecule has 35 heavy (non-hydrogen) atoms. The molecule has 0 aliphatic carbocycles. The highest BCUT2D eigenvalue weighted by Gasteiger charge is 2.22. The number of hydrogen-bond acceptors (Lipinski definition) is 5. The van der Waals surface area contributed by atoms with Gasteiger partial charge in [0.2, 0.25) is 0 Å². The lowest BCUT2D eigenvalue weighted by Gasteiger charge is -2.28. The predicted octanol–water partition coefficient (Wildman–Crippen LogP) is 8.12. The molecule has 0 amide bonds. The number of nitrogens with zero attached hydrogens (tertiary/aromatic N) is 4. The summed E-state index contributed by atoms with van der Waals surface area (Å²) in [4.78, 5) is 16.0. The van der Waals surface area contributed by atoms with E-state index in [-0.39, 0.29) is 0 Å². The number of rotatable bonds is 4. The molecule has 6 aromatic rings. The summed E-state index contributed by atoms with van der Waals surface area (Å²) in [5.41, 5.74) is 5.14. The monoisotopic (exact) mass is 496 g/mol. The Morgan fingerprint density at radius 2 is 1.29 bits per heavy atom. The maximum Gasteiger partial charge on any atom is 0.121 e. The molecule has 0 aliphatic rings. The molecule has 170 valence electrons. The van der Waals surface area contributed by atoms with Crippen molar-refractivity contribution in [2.24, 2.45) is 0 Å². The lowest BCUT2D eigenvalue weighted by atomic mass is 10.1. The van der Waals surface area contributed by atoms with Gasteiger partial charge < -0.3 is 9.64 Å². The van der Waals surface area contributed by atoms with Crippen LogP contribution in [0.4, 0.5) is 17.1 Å².